The maximum atomic E-state index is 14.1. The third-order valence-corrected chi connectivity index (χ3v) is 8.73. The quantitative estimate of drug-likeness (QED) is 0.142. The molecule has 0 aliphatic rings. The first kappa shape index (κ1) is 32.0. The molecule has 0 aliphatic carbocycles. The minimum Gasteiger partial charge on any atom is -0.289 e. The van der Waals surface area contributed by atoms with Gasteiger partial charge in [0.2, 0.25) is 0 Å². The fourth-order valence-electron chi connectivity index (χ4n) is 6.04. The Kier molecular flexibility index (Phi) is 9.17. The first-order valence-electron chi connectivity index (χ1n) is 15.9. The first-order chi connectivity index (χ1) is 23.2. The predicted molar refractivity (Wildman–Crippen MR) is 189 cm³/mol. The second kappa shape index (κ2) is 13.8. The number of rotatable bonds is 10. The number of ketones is 4. The van der Waals surface area contributed by atoms with Gasteiger partial charge in [-0.15, -0.1) is 0 Å². The molecule has 4 nitrogen and oxygen atoms in total. The topological polar surface area (TPSA) is 68.3 Å². The van der Waals surface area contributed by atoms with Crippen LogP contribution in [0.5, 0.6) is 0 Å². The summed E-state index contributed by atoms with van der Waals surface area (Å²) in [5, 5.41) is 0. The molecule has 0 heterocycles. The Labute approximate surface area is 280 Å². The summed E-state index contributed by atoms with van der Waals surface area (Å²) < 4.78 is 0. The number of hydrogen-bond acceptors (Lipinski definition) is 4. The minimum atomic E-state index is -0.189. The Bertz CT molecular complexity index is 2180. The maximum absolute atomic E-state index is 14.1. The van der Waals surface area contributed by atoms with Gasteiger partial charge in [0, 0.05) is 44.5 Å². The Morgan fingerprint density at radius 2 is 0.875 bits per heavy atom. The fourth-order valence-corrected chi connectivity index (χ4v) is 6.04. The van der Waals surface area contributed by atoms with Gasteiger partial charge in [0.1, 0.15) is 0 Å². The van der Waals surface area contributed by atoms with Gasteiger partial charge in [-0.05, 0) is 62.1 Å². The lowest BCUT2D eigenvalue weighted by Gasteiger charge is -2.18. The molecule has 0 saturated carbocycles. The predicted octanol–water partition coefficient (Wildman–Crippen LogP) is 9.13. The lowest BCUT2D eigenvalue weighted by molar-refractivity contribution is 0.102. The summed E-state index contributed by atoms with van der Waals surface area (Å²) in [4.78, 5) is 55.6. The zero-order chi connectivity index (χ0) is 33.8. The summed E-state index contributed by atoms with van der Waals surface area (Å²) in [6, 6.07) is 41.3. The van der Waals surface area contributed by atoms with E-state index >= 15 is 0 Å². The Hall–Kier alpha value is -6.00. The van der Waals surface area contributed by atoms with Gasteiger partial charge in [0.05, 0.1) is 0 Å². The van der Waals surface area contributed by atoms with E-state index in [9.17, 15) is 19.2 Å². The number of carbonyl (C=O) groups is 4. The Morgan fingerprint density at radius 1 is 0.396 bits per heavy atom. The molecule has 6 aromatic carbocycles. The molecule has 0 aromatic heterocycles. The van der Waals surface area contributed by atoms with Gasteiger partial charge < -0.3 is 0 Å². The van der Waals surface area contributed by atoms with Crippen molar-refractivity contribution in [3.63, 3.8) is 0 Å². The summed E-state index contributed by atoms with van der Waals surface area (Å²) in [6.07, 6.45) is 0.150. The van der Waals surface area contributed by atoms with Gasteiger partial charge in [-0.2, -0.15) is 0 Å². The highest BCUT2D eigenvalue weighted by molar-refractivity contribution is 6.15. The van der Waals surface area contributed by atoms with Crippen LogP contribution in [0.4, 0.5) is 0 Å². The standard InChI is InChI=1S/C44H34O4/c1-28-17-19-33(20-18-28)41(45)35-21-22-38(44(48)34-16-10-11-29(2)25-34)36(26-35)27-40-30(3)37(42(46)31-12-6-4-7-13-31)23-24-39(40)43(47)32-14-8-5-9-15-32/h4-26H,27H2,1-3H3. The molecule has 0 bridgehead atoms. The summed E-state index contributed by atoms with van der Waals surface area (Å²) in [5.74, 6) is -0.706. The molecule has 6 aromatic rings. The van der Waals surface area contributed by atoms with Crippen LogP contribution in [0.1, 0.15) is 91.5 Å². The zero-order valence-corrected chi connectivity index (χ0v) is 27.1. The Morgan fingerprint density at radius 3 is 1.50 bits per heavy atom. The van der Waals surface area contributed by atoms with E-state index in [2.05, 4.69) is 0 Å². The van der Waals surface area contributed by atoms with Crippen molar-refractivity contribution in [1.29, 1.82) is 0 Å². The van der Waals surface area contributed by atoms with Crippen molar-refractivity contribution < 1.29 is 19.2 Å². The molecule has 0 spiro atoms. The average Bonchev–Trinajstić information content (AvgIpc) is 3.12. The second-order valence-corrected chi connectivity index (χ2v) is 12.1. The van der Waals surface area contributed by atoms with Crippen LogP contribution in [0.3, 0.4) is 0 Å². The normalized spacial score (nSPS) is 10.8. The van der Waals surface area contributed by atoms with Crippen LogP contribution in [-0.4, -0.2) is 23.1 Å². The van der Waals surface area contributed by atoms with E-state index in [4.69, 9.17) is 0 Å². The number of benzene rings is 6. The van der Waals surface area contributed by atoms with Gasteiger partial charge >= 0.3 is 0 Å². The largest absolute Gasteiger partial charge is 0.289 e. The highest BCUT2D eigenvalue weighted by atomic mass is 16.1. The first-order valence-corrected chi connectivity index (χ1v) is 15.9. The van der Waals surface area contributed by atoms with Gasteiger partial charge in [-0.3, -0.25) is 19.2 Å². The van der Waals surface area contributed by atoms with Crippen LogP contribution in [0.25, 0.3) is 0 Å². The van der Waals surface area contributed by atoms with E-state index in [0.29, 0.717) is 61.2 Å². The molecule has 0 radical (unpaired) electrons. The summed E-state index contributed by atoms with van der Waals surface area (Å²) in [5.41, 5.74) is 7.75. The lowest BCUT2D eigenvalue weighted by atomic mass is 9.84. The molecule has 0 amide bonds. The molecule has 0 atom stereocenters. The molecule has 0 fully saturated rings. The van der Waals surface area contributed by atoms with Gasteiger partial charge in [-0.25, -0.2) is 0 Å². The van der Waals surface area contributed by atoms with Crippen LogP contribution in [0.2, 0.25) is 0 Å². The summed E-state index contributed by atoms with van der Waals surface area (Å²) in [7, 11) is 0. The van der Waals surface area contributed by atoms with E-state index in [-0.39, 0.29) is 29.6 Å². The van der Waals surface area contributed by atoms with Crippen LogP contribution in [0, 0.1) is 20.8 Å². The van der Waals surface area contributed by atoms with Crippen LogP contribution in [-0.2, 0) is 6.42 Å². The van der Waals surface area contributed by atoms with Crippen LogP contribution < -0.4 is 0 Å². The third-order valence-electron chi connectivity index (χ3n) is 8.73. The highest BCUT2D eigenvalue weighted by Crippen LogP contribution is 2.29. The molecule has 4 heteroatoms. The molecule has 0 saturated heterocycles. The zero-order valence-electron chi connectivity index (χ0n) is 27.1. The van der Waals surface area contributed by atoms with Crippen molar-refractivity contribution in [3.05, 3.63) is 212 Å². The summed E-state index contributed by atoms with van der Waals surface area (Å²) in [6.45, 7) is 5.74. The molecule has 6 rings (SSSR count). The van der Waals surface area contributed by atoms with E-state index < -0.39 is 0 Å². The van der Waals surface area contributed by atoms with E-state index in [0.717, 1.165) is 11.1 Å². The number of hydrogen-bond donors (Lipinski definition) is 0. The molecule has 0 unspecified atom stereocenters. The number of aryl methyl sites for hydroxylation is 2. The van der Waals surface area contributed by atoms with Gasteiger partial charge in [-0.1, -0.05) is 132 Å². The van der Waals surface area contributed by atoms with Crippen molar-refractivity contribution in [1.82, 2.24) is 0 Å². The smallest absolute Gasteiger partial charge is 0.193 e. The second-order valence-electron chi connectivity index (χ2n) is 12.1. The maximum Gasteiger partial charge on any atom is 0.193 e. The minimum absolute atomic E-state index is 0.150. The van der Waals surface area contributed by atoms with Crippen molar-refractivity contribution in [3.8, 4) is 0 Å². The van der Waals surface area contributed by atoms with E-state index in [1.165, 1.54) is 0 Å². The Balaban J connectivity index is 1.53. The molecule has 234 valence electrons. The van der Waals surface area contributed by atoms with Crippen molar-refractivity contribution in [2.24, 2.45) is 0 Å². The molecule has 0 N–H and O–H groups in total. The third kappa shape index (κ3) is 6.60. The van der Waals surface area contributed by atoms with Crippen LogP contribution >= 0.6 is 0 Å². The van der Waals surface area contributed by atoms with E-state index in [1.807, 2.05) is 87.5 Å². The lowest BCUT2D eigenvalue weighted by Crippen LogP contribution is -2.14. The number of carbonyl (C=O) groups excluding carboxylic acids is 4. The SMILES string of the molecule is Cc1ccc(C(=O)c2ccc(C(=O)c3cccc(C)c3)c(Cc3c(C(=O)c4ccccc4)ccc(C(=O)c4ccccc4)c3C)c2)cc1. The monoisotopic (exact) mass is 626 g/mol. The van der Waals surface area contributed by atoms with Crippen LogP contribution in [0.15, 0.2) is 140 Å². The van der Waals surface area contributed by atoms with Crippen molar-refractivity contribution >= 4 is 23.1 Å². The summed E-state index contributed by atoms with van der Waals surface area (Å²) >= 11 is 0. The molecular weight excluding hydrogens is 592 g/mol. The molecular formula is C44H34O4. The average molecular weight is 627 g/mol. The van der Waals surface area contributed by atoms with Gasteiger partial charge in [0.15, 0.2) is 23.1 Å². The van der Waals surface area contributed by atoms with Crippen molar-refractivity contribution in [2.75, 3.05) is 0 Å². The fraction of sp³-hybridized carbons (Fsp3) is 0.0909. The van der Waals surface area contributed by atoms with E-state index in [1.54, 1.807) is 72.8 Å². The molecule has 0 aliphatic heterocycles. The highest BCUT2D eigenvalue weighted by Gasteiger charge is 2.24. The van der Waals surface area contributed by atoms with Gasteiger partial charge in [0.25, 0.3) is 0 Å². The van der Waals surface area contributed by atoms with Crippen molar-refractivity contribution in [2.45, 2.75) is 27.2 Å². The molecule has 48 heavy (non-hydrogen) atoms.